The molecule has 0 radical (unpaired) electrons. The number of carboxylic acid groups (broad SMARTS) is 1. The predicted octanol–water partition coefficient (Wildman–Crippen LogP) is 2.19. The molecule has 0 saturated heterocycles. The number of pyridine rings is 1. The van der Waals surface area contributed by atoms with E-state index in [-0.39, 0.29) is 6.42 Å². The van der Waals surface area contributed by atoms with Gasteiger partial charge in [-0.2, -0.15) is 0 Å². The van der Waals surface area contributed by atoms with Crippen molar-refractivity contribution in [2.75, 3.05) is 11.4 Å². The highest BCUT2D eigenvalue weighted by molar-refractivity contribution is 7.13. The molecule has 0 bridgehead atoms. The number of nitrogens with zero attached hydrogens (tertiary/aromatic N) is 3. The van der Waals surface area contributed by atoms with Gasteiger partial charge >= 0.3 is 5.97 Å². The standard InChI is InChI=1S/C13H15N3O2S/c1-2-16(8-10-5-3-4-6-14-10)13-15-11(9-19-13)7-12(17)18/h3-6,9H,2,7-8H2,1H3,(H,17,18). The zero-order valence-corrected chi connectivity index (χ0v) is 11.4. The zero-order chi connectivity index (χ0) is 13.7. The Bertz CT molecular complexity index is 542. The molecule has 100 valence electrons. The van der Waals surface area contributed by atoms with Crippen LogP contribution in [0, 0.1) is 0 Å². The van der Waals surface area contributed by atoms with E-state index < -0.39 is 5.97 Å². The maximum Gasteiger partial charge on any atom is 0.309 e. The number of hydrogen-bond donors (Lipinski definition) is 1. The van der Waals surface area contributed by atoms with E-state index in [0.717, 1.165) is 17.4 Å². The van der Waals surface area contributed by atoms with E-state index in [4.69, 9.17) is 5.11 Å². The van der Waals surface area contributed by atoms with Crippen molar-refractivity contribution >= 4 is 22.4 Å². The molecule has 0 spiro atoms. The molecule has 0 amide bonds. The summed E-state index contributed by atoms with van der Waals surface area (Å²) >= 11 is 1.47. The van der Waals surface area contributed by atoms with Crippen molar-refractivity contribution in [3.05, 3.63) is 41.2 Å². The lowest BCUT2D eigenvalue weighted by Crippen LogP contribution is -2.22. The first-order valence-corrected chi connectivity index (χ1v) is 6.88. The molecule has 5 nitrogen and oxygen atoms in total. The monoisotopic (exact) mass is 277 g/mol. The number of hydrogen-bond acceptors (Lipinski definition) is 5. The molecule has 6 heteroatoms. The van der Waals surface area contributed by atoms with Gasteiger partial charge in [-0.3, -0.25) is 9.78 Å². The second kappa shape index (κ2) is 6.29. The summed E-state index contributed by atoms with van der Waals surface area (Å²) in [4.78, 5) is 21.4. The Morgan fingerprint density at radius 3 is 2.89 bits per heavy atom. The third kappa shape index (κ3) is 3.75. The van der Waals surface area contributed by atoms with Gasteiger partial charge in [-0.1, -0.05) is 6.07 Å². The van der Waals surface area contributed by atoms with Crippen LogP contribution in [0.25, 0.3) is 0 Å². The van der Waals surface area contributed by atoms with Crippen LogP contribution < -0.4 is 4.90 Å². The summed E-state index contributed by atoms with van der Waals surface area (Å²) in [5.74, 6) is -0.857. The summed E-state index contributed by atoms with van der Waals surface area (Å²) in [7, 11) is 0. The lowest BCUT2D eigenvalue weighted by molar-refractivity contribution is -0.136. The van der Waals surface area contributed by atoms with Crippen molar-refractivity contribution in [1.82, 2.24) is 9.97 Å². The van der Waals surface area contributed by atoms with E-state index in [9.17, 15) is 4.79 Å². The fourth-order valence-corrected chi connectivity index (χ4v) is 2.57. The van der Waals surface area contributed by atoms with Gasteiger partial charge in [-0.05, 0) is 19.1 Å². The Morgan fingerprint density at radius 1 is 1.42 bits per heavy atom. The second-order valence-electron chi connectivity index (χ2n) is 4.03. The molecule has 0 aliphatic rings. The smallest absolute Gasteiger partial charge is 0.309 e. The normalized spacial score (nSPS) is 10.4. The Morgan fingerprint density at radius 2 is 2.26 bits per heavy atom. The van der Waals surface area contributed by atoms with Crippen LogP contribution in [0.3, 0.4) is 0 Å². The van der Waals surface area contributed by atoms with Crippen LogP contribution in [0.2, 0.25) is 0 Å². The molecule has 19 heavy (non-hydrogen) atoms. The first-order valence-electron chi connectivity index (χ1n) is 6.00. The van der Waals surface area contributed by atoms with E-state index in [1.165, 1.54) is 11.3 Å². The summed E-state index contributed by atoms with van der Waals surface area (Å²) in [5, 5.41) is 11.4. The van der Waals surface area contributed by atoms with E-state index in [1.807, 2.05) is 25.1 Å². The van der Waals surface area contributed by atoms with Crippen molar-refractivity contribution in [3.63, 3.8) is 0 Å². The highest BCUT2D eigenvalue weighted by Crippen LogP contribution is 2.22. The molecule has 0 aromatic carbocycles. The third-order valence-electron chi connectivity index (χ3n) is 2.60. The first kappa shape index (κ1) is 13.5. The minimum Gasteiger partial charge on any atom is -0.481 e. The summed E-state index contributed by atoms with van der Waals surface area (Å²) < 4.78 is 0. The Balaban J connectivity index is 2.09. The van der Waals surface area contributed by atoms with Crippen molar-refractivity contribution < 1.29 is 9.90 Å². The quantitative estimate of drug-likeness (QED) is 0.876. The van der Waals surface area contributed by atoms with E-state index >= 15 is 0 Å². The number of anilines is 1. The van der Waals surface area contributed by atoms with Crippen molar-refractivity contribution in [2.24, 2.45) is 0 Å². The molecular formula is C13H15N3O2S. The summed E-state index contributed by atoms with van der Waals surface area (Å²) in [6.07, 6.45) is 1.73. The van der Waals surface area contributed by atoms with Gasteiger partial charge in [-0.25, -0.2) is 4.98 Å². The number of aromatic nitrogens is 2. The van der Waals surface area contributed by atoms with Gasteiger partial charge in [0, 0.05) is 18.1 Å². The number of rotatable bonds is 6. The Hall–Kier alpha value is -1.95. The SMILES string of the molecule is CCN(Cc1ccccn1)c1nc(CC(=O)O)cs1. The first-order chi connectivity index (χ1) is 9.19. The van der Waals surface area contributed by atoms with Crippen LogP contribution in [0.1, 0.15) is 18.3 Å². The topological polar surface area (TPSA) is 66.3 Å². The van der Waals surface area contributed by atoms with Crippen LogP contribution in [0.5, 0.6) is 0 Å². The van der Waals surface area contributed by atoms with Crippen LogP contribution >= 0.6 is 11.3 Å². The summed E-state index contributed by atoms with van der Waals surface area (Å²) in [6, 6.07) is 5.80. The minimum atomic E-state index is -0.857. The largest absolute Gasteiger partial charge is 0.481 e. The average molecular weight is 277 g/mol. The average Bonchev–Trinajstić information content (AvgIpc) is 2.84. The molecule has 2 aromatic rings. The molecule has 0 atom stereocenters. The fourth-order valence-electron chi connectivity index (χ4n) is 1.68. The number of carbonyl (C=O) groups is 1. The molecule has 2 heterocycles. The summed E-state index contributed by atoms with van der Waals surface area (Å²) in [6.45, 7) is 3.52. The summed E-state index contributed by atoms with van der Waals surface area (Å²) in [5.41, 5.74) is 1.58. The predicted molar refractivity (Wildman–Crippen MR) is 74.4 cm³/mol. The van der Waals surface area contributed by atoms with Crippen LogP contribution in [-0.4, -0.2) is 27.6 Å². The number of aliphatic carboxylic acids is 1. The van der Waals surface area contributed by atoms with Gasteiger partial charge < -0.3 is 10.0 Å². The maximum absolute atomic E-state index is 10.6. The van der Waals surface area contributed by atoms with Crippen molar-refractivity contribution in [2.45, 2.75) is 19.9 Å². The van der Waals surface area contributed by atoms with Gasteiger partial charge in [0.25, 0.3) is 0 Å². The van der Waals surface area contributed by atoms with E-state index in [2.05, 4.69) is 14.9 Å². The molecule has 0 aliphatic heterocycles. The van der Waals surface area contributed by atoms with E-state index in [1.54, 1.807) is 11.6 Å². The number of carboxylic acids is 1. The van der Waals surface area contributed by atoms with Crippen molar-refractivity contribution in [3.8, 4) is 0 Å². The highest BCUT2D eigenvalue weighted by Gasteiger charge is 2.12. The van der Waals surface area contributed by atoms with Crippen LogP contribution in [0.15, 0.2) is 29.8 Å². The number of thiazole rings is 1. The van der Waals surface area contributed by atoms with Crippen LogP contribution in [-0.2, 0) is 17.8 Å². The highest BCUT2D eigenvalue weighted by atomic mass is 32.1. The van der Waals surface area contributed by atoms with Gasteiger partial charge in [0.1, 0.15) is 0 Å². The lowest BCUT2D eigenvalue weighted by Gasteiger charge is -2.19. The molecule has 0 aliphatic carbocycles. The Labute approximate surface area is 115 Å². The minimum absolute atomic E-state index is 0.0301. The molecule has 2 rings (SSSR count). The lowest BCUT2D eigenvalue weighted by atomic mass is 10.3. The molecule has 0 unspecified atom stereocenters. The molecule has 0 saturated carbocycles. The third-order valence-corrected chi connectivity index (χ3v) is 3.55. The van der Waals surface area contributed by atoms with Gasteiger partial charge in [0.15, 0.2) is 5.13 Å². The van der Waals surface area contributed by atoms with Crippen LogP contribution in [0.4, 0.5) is 5.13 Å². The zero-order valence-electron chi connectivity index (χ0n) is 10.6. The van der Waals surface area contributed by atoms with E-state index in [0.29, 0.717) is 12.2 Å². The Kier molecular flexibility index (Phi) is 4.46. The van der Waals surface area contributed by atoms with Gasteiger partial charge in [0.2, 0.25) is 0 Å². The maximum atomic E-state index is 10.6. The van der Waals surface area contributed by atoms with Crippen molar-refractivity contribution in [1.29, 1.82) is 0 Å². The van der Waals surface area contributed by atoms with Gasteiger partial charge in [-0.15, -0.1) is 11.3 Å². The molecule has 1 N–H and O–H groups in total. The molecule has 2 aromatic heterocycles. The fraction of sp³-hybridized carbons (Fsp3) is 0.308. The van der Waals surface area contributed by atoms with Gasteiger partial charge in [0.05, 0.1) is 24.4 Å². The molecular weight excluding hydrogens is 262 g/mol. The second-order valence-corrected chi connectivity index (χ2v) is 4.86. The molecule has 0 fully saturated rings.